The molecular weight excluding hydrogens is 158 g/mol. The fourth-order valence-corrected chi connectivity index (χ4v) is 1.42. The minimum atomic E-state index is 0.0873. The van der Waals surface area contributed by atoms with Gasteiger partial charge in [0.05, 0.1) is 0 Å². The Balaban J connectivity index is 2.97. The Morgan fingerprint density at radius 3 is 2.31 bits per heavy atom. The second-order valence-electron chi connectivity index (χ2n) is 5.18. The van der Waals surface area contributed by atoms with Crippen molar-refractivity contribution in [1.29, 1.82) is 5.41 Å². The van der Waals surface area contributed by atoms with Crippen molar-refractivity contribution >= 4 is 5.71 Å². The summed E-state index contributed by atoms with van der Waals surface area (Å²) in [6, 6.07) is 0. The molecule has 0 aromatic carbocycles. The van der Waals surface area contributed by atoms with E-state index in [0.717, 1.165) is 12.1 Å². The van der Waals surface area contributed by atoms with Gasteiger partial charge >= 0.3 is 0 Å². The van der Waals surface area contributed by atoms with Gasteiger partial charge in [-0.25, -0.2) is 0 Å². The van der Waals surface area contributed by atoms with Crippen molar-refractivity contribution in [2.24, 2.45) is 10.8 Å². The summed E-state index contributed by atoms with van der Waals surface area (Å²) in [5, 5.41) is 7.74. The molecule has 0 unspecified atom stereocenters. The van der Waals surface area contributed by atoms with Crippen LogP contribution in [0.5, 0.6) is 0 Å². The van der Waals surface area contributed by atoms with Crippen LogP contribution in [0.1, 0.15) is 34.1 Å². The molecule has 72 valence electrons. The lowest BCUT2D eigenvalue weighted by molar-refractivity contribution is 0.488. The third kappa shape index (κ3) is 3.17. The molecule has 0 saturated heterocycles. The van der Waals surface area contributed by atoms with Gasteiger partial charge in [0.25, 0.3) is 0 Å². The highest BCUT2D eigenvalue weighted by Crippen LogP contribution is 2.30. The van der Waals surface area contributed by atoms with Gasteiger partial charge in [0, 0.05) is 11.1 Å². The van der Waals surface area contributed by atoms with Gasteiger partial charge in [0.2, 0.25) is 0 Å². The van der Waals surface area contributed by atoms with Gasteiger partial charge in [-0.2, -0.15) is 0 Å². The summed E-state index contributed by atoms with van der Waals surface area (Å²) in [4.78, 5) is 0. The molecule has 1 aliphatic rings. The Morgan fingerprint density at radius 2 is 1.69 bits per heavy atom. The lowest BCUT2D eigenvalue weighted by Gasteiger charge is -2.25. The van der Waals surface area contributed by atoms with Crippen molar-refractivity contribution in [1.82, 2.24) is 0 Å². The summed E-state index contributed by atoms with van der Waals surface area (Å²) < 4.78 is 0. The predicted molar refractivity (Wildman–Crippen MR) is 58.2 cm³/mol. The highest BCUT2D eigenvalue weighted by Gasteiger charge is 2.20. The van der Waals surface area contributed by atoms with Gasteiger partial charge in [0.1, 0.15) is 0 Å². The Bertz CT molecular complexity index is 267. The molecule has 1 rings (SSSR count). The maximum atomic E-state index is 7.74. The molecule has 0 atom stereocenters. The van der Waals surface area contributed by atoms with E-state index in [4.69, 9.17) is 5.41 Å². The summed E-state index contributed by atoms with van der Waals surface area (Å²) >= 11 is 0. The molecule has 1 nitrogen and oxygen atoms in total. The van der Waals surface area contributed by atoms with Gasteiger partial charge in [-0.05, 0) is 17.9 Å². The van der Waals surface area contributed by atoms with E-state index >= 15 is 0 Å². The molecular formula is C12H19N. The van der Waals surface area contributed by atoms with Crippen LogP contribution in [-0.2, 0) is 0 Å². The topological polar surface area (TPSA) is 23.9 Å². The van der Waals surface area contributed by atoms with Gasteiger partial charge in [-0.1, -0.05) is 45.9 Å². The molecule has 0 aromatic rings. The summed E-state index contributed by atoms with van der Waals surface area (Å²) in [7, 11) is 0. The zero-order chi connectivity index (χ0) is 10.1. The first-order valence-corrected chi connectivity index (χ1v) is 4.78. The fourth-order valence-electron chi connectivity index (χ4n) is 1.42. The maximum absolute atomic E-state index is 7.74. The number of nitrogens with one attached hydrogen (secondary N) is 1. The highest BCUT2D eigenvalue weighted by atomic mass is 14.4. The molecule has 1 aliphatic carbocycles. The van der Waals surface area contributed by atoms with Crippen LogP contribution >= 0.6 is 0 Å². The summed E-state index contributed by atoms with van der Waals surface area (Å²) in [5.41, 5.74) is 0.936. The average molecular weight is 177 g/mol. The summed E-state index contributed by atoms with van der Waals surface area (Å²) in [6.07, 6.45) is 9.32. The van der Waals surface area contributed by atoms with E-state index in [-0.39, 0.29) is 10.8 Å². The third-order valence-electron chi connectivity index (χ3n) is 2.32. The SMILES string of the molecule is CC1(C)C=CC(C)(C)CC(=N)/C=C\1. The zero-order valence-corrected chi connectivity index (χ0v) is 9.02. The van der Waals surface area contributed by atoms with Crippen molar-refractivity contribution < 1.29 is 0 Å². The first-order chi connectivity index (χ1) is 5.81. The van der Waals surface area contributed by atoms with Crippen LogP contribution in [0, 0.1) is 16.2 Å². The van der Waals surface area contributed by atoms with Crippen LogP contribution < -0.4 is 0 Å². The maximum Gasteiger partial charge on any atom is 0.0319 e. The van der Waals surface area contributed by atoms with Crippen molar-refractivity contribution in [3.8, 4) is 0 Å². The number of allylic oxidation sites excluding steroid dienone is 4. The molecule has 0 heterocycles. The van der Waals surface area contributed by atoms with E-state index in [1.54, 1.807) is 0 Å². The molecule has 0 saturated carbocycles. The molecule has 1 N–H and O–H groups in total. The quantitative estimate of drug-likeness (QED) is 0.547. The lowest BCUT2D eigenvalue weighted by Crippen LogP contribution is -2.17. The first kappa shape index (κ1) is 10.2. The van der Waals surface area contributed by atoms with E-state index in [1.807, 2.05) is 6.08 Å². The molecule has 13 heavy (non-hydrogen) atoms. The molecule has 0 amide bonds. The predicted octanol–water partition coefficient (Wildman–Crippen LogP) is 3.57. The standard InChI is InChI=1S/C12H19N/c1-11(2)6-5-10(13)9-12(3,4)8-7-11/h5-8,13H,9H2,1-4H3/b6-5-,8-7?,13-10?. The van der Waals surface area contributed by atoms with Gasteiger partial charge in [-0.15, -0.1) is 0 Å². The minimum absolute atomic E-state index is 0.0873. The normalized spacial score (nSPS) is 27.8. The van der Waals surface area contributed by atoms with Crippen molar-refractivity contribution in [2.45, 2.75) is 34.1 Å². The molecule has 0 fully saturated rings. The lowest BCUT2D eigenvalue weighted by atomic mass is 9.80. The van der Waals surface area contributed by atoms with Crippen molar-refractivity contribution in [3.05, 3.63) is 24.3 Å². The van der Waals surface area contributed by atoms with Crippen LogP contribution in [0.15, 0.2) is 24.3 Å². The second kappa shape index (κ2) is 3.13. The largest absolute Gasteiger partial charge is 0.305 e. The van der Waals surface area contributed by atoms with E-state index in [2.05, 4.69) is 45.9 Å². The molecule has 0 spiro atoms. The molecule has 0 bridgehead atoms. The van der Waals surface area contributed by atoms with Gasteiger partial charge < -0.3 is 5.41 Å². The smallest absolute Gasteiger partial charge is 0.0319 e. The fraction of sp³-hybridized carbons (Fsp3) is 0.583. The molecule has 0 aliphatic heterocycles. The summed E-state index contributed by atoms with van der Waals surface area (Å²) in [5.74, 6) is 0. The molecule has 0 radical (unpaired) electrons. The van der Waals surface area contributed by atoms with E-state index < -0.39 is 0 Å². The van der Waals surface area contributed by atoms with E-state index in [1.165, 1.54) is 0 Å². The van der Waals surface area contributed by atoms with Crippen LogP contribution in [0.25, 0.3) is 0 Å². The summed E-state index contributed by atoms with van der Waals surface area (Å²) in [6.45, 7) is 8.67. The minimum Gasteiger partial charge on any atom is -0.305 e. The zero-order valence-electron chi connectivity index (χ0n) is 9.02. The third-order valence-corrected chi connectivity index (χ3v) is 2.32. The van der Waals surface area contributed by atoms with Crippen LogP contribution in [0.4, 0.5) is 0 Å². The first-order valence-electron chi connectivity index (χ1n) is 4.78. The molecule has 0 aromatic heterocycles. The number of hydrogen-bond acceptors (Lipinski definition) is 1. The highest BCUT2D eigenvalue weighted by molar-refractivity contribution is 5.93. The van der Waals surface area contributed by atoms with Crippen LogP contribution in [0.2, 0.25) is 0 Å². The van der Waals surface area contributed by atoms with Gasteiger partial charge in [0.15, 0.2) is 0 Å². The van der Waals surface area contributed by atoms with Crippen molar-refractivity contribution in [3.63, 3.8) is 0 Å². The second-order valence-corrected chi connectivity index (χ2v) is 5.18. The van der Waals surface area contributed by atoms with E-state index in [0.29, 0.717) is 0 Å². The monoisotopic (exact) mass is 177 g/mol. The van der Waals surface area contributed by atoms with E-state index in [9.17, 15) is 0 Å². The van der Waals surface area contributed by atoms with Crippen molar-refractivity contribution in [2.75, 3.05) is 0 Å². The number of rotatable bonds is 0. The Morgan fingerprint density at radius 1 is 1.08 bits per heavy atom. The number of hydrogen-bond donors (Lipinski definition) is 1. The van der Waals surface area contributed by atoms with Crippen LogP contribution in [0.3, 0.4) is 0 Å². The Labute approximate surface area is 81.1 Å². The van der Waals surface area contributed by atoms with Crippen LogP contribution in [-0.4, -0.2) is 5.71 Å². The Kier molecular flexibility index (Phi) is 2.47. The molecule has 1 heteroatoms. The van der Waals surface area contributed by atoms with Gasteiger partial charge in [-0.3, -0.25) is 0 Å². The Hall–Kier alpha value is -0.850. The average Bonchev–Trinajstić information content (AvgIpc) is 1.96.